The van der Waals surface area contributed by atoms with Crippen LogP contribution in [0.15, 0.2) is 30.9 Å². The Hall–Kier alpha value is -2.17. The molecule has 0 unspecified atom stereocenters. The molecule has 5 nitrogen and oxygen atoms in total. The summed E-state index contributed by atoms with van der Waals surface area (Å²) in [4.78, 5) is 12.6. The van der Waals surface area contributed by atoms with Gasteiger partial charge in [0.25, 0.3) is 0 Å². The first-order valence-electron chi connectivity index (χ1n) is 5.42. The van der Waals surface area contributed by atoms with Crippen molar-refractivity contribution in [3.63, 3.8) is 0 Å². The summed E-state index contributed by atoms with van der Waals surface area (Å²) in [6, 6.07) is 1.99. The van der Waals surface area contributed by atoms with Crippen molar-refractivity contribution in [1.82, 2.24) is 15.0 Å². The van der Waals surface area contributed by atoms with Crippen LogP contribution in [0, 0.1) is 6.92 Å². The van der Waals surface area contributed by atoms with E-state index in [0.29, 0.717) is 6.54 Å². The summed E-state index contributed by atoms with van der Waals surface area (Å²) in [5.41, 5.74) is 3.77. The molecule has 0 aliphatic rings. The molecular formula is C12H15N5. The van der Waals surface area contributed by atoms with Crippen LogP contribution in [0.1, 0.15) is 11.4 Å². The minimum Gasteiger partial charge on any atom is -0.387 e. The van der Waals surface area contributed by atoms with Crippen LogP contribution in [0.5, 0.6) is 0 Å². The van der Waals surface area contributed by atoms with Gasteiger partial charge in [-0.2, -0.15) is 0 Å². The number of hydrogen-bond donors (Lipinski definition) is 2. The van der Waals surface area contributed by atoms with Crippen LogP contribution in [-0.4, -0.2) is 22.0 Å². The normalized spacial score (nSPS) is 10.0. The van der Waals surface area contributed by atoms with Gasteiger partial charge in [-0.15, -0.1) is 0 Å². The van der Waals surface area contributed by atoms with Gasteiger partial charge in [-0.1, -0.05) is 0 Å². The molecule has 2 heterocycles. The first-order valence-corrected chi connectivity index (χ1v) is 5.42. The van der Waals surface area contributed by atoms with E-state index < -0.39 is 0 Å². The standard InChI is InChI=1S/C12H15N5/c1-9-4-16-12(7-15-9)8-17-11-3-10(13-2)5-14-6-11/h3-7,13,17H,8H2,1-2H3. The fourth-order valence-electron chi connectivity index (χ4n) is 1.38. The molecule has 0 aliphatic carbocycles. The molecule has 2 aromatic heterocycles. The Morgan fingerprint density at radius 3 is 2.59 bits per heavy atom. The Morgan fingerprint density at radius 2 is 1.88 bits per heavy atom. The second-order valence-electron chi connectivity index (χ2n) is 3.71. The molecule has 0 aromatic carbocycles. The van der Waals surface area contributed by atoms with E-state index in [9.17, 15) is 0 Å². The third kappa shape index (κ3) is 3.14. The minimum atomic E-state index is 0.641. The van der Waals surface area contributed by atoms with E-state index in [1.807, 2.05) is 20.0 Å². The predicted molar refractivity (Wildman–Crippen MR) is 67.9 cm³/mol. The molecule has 0 radical (unpaired) electrons. The molecule has 2 N–H and O–H groups in total. The van der Waals surface area contributed by atoms with Crippen LogP contribution in [0.2, 0.25) is 0 Å². The van der Waals surface area contributed by atoms with E-state index in [4.69, 9.17) is 0 Å². The smallest absolute Gasteiger partial charge is 0.0777 e. The van der Waals surface area contributed by atoms with Crippen LogP contribution in [-0.2, 0) is 6.54 Å². The lowest BCUT2D eigenvalue weighted by Crippen LogP contribution is -2.03. The Morgan fingerprint density at radius 1 is 1.06 bits per heavy atom. The summed E-state index contributed by atoms with van der Waals surface area (Å²) >= 11 is 0. The molecule has 0 bridgehead atoms. The third-order valence-corrected chi connectivity index (χ3v) is 2.33. The van der Waals surface area contributed by atoms with Gasteiger partial charge in [0.15, 0.2) is 0 Å². The number of rotatable bonds is 4. The summed E-state index contributed by atoms with van der Waals surface area (Å²) < 4.78 is 0. The van der Waals surface area contributed by atoms with Crippen LogP contribution in [0.3, 0.4) is 0 Å². The van der Waals surface area contributed by atoms with Gasteiger partial charge in [-0.25, -0.2) is 0 Å². The van der Waals surface area contributed by atoms with E-state index in [0.717, 1.165) is 22.8 Å². The summed E-state index contributed by atoms with van der Waals surface area (Å²) in [6.07, 6.45) is 7.09. The van der Waals surface area contributed by atoms with Gasteiger partial charge in [-0.05, 0) is 13.0 Å². The molecule has 0 atom stereocenters. The fraction of sp³-hybridized carbons (Fsp3) is 0.250. The molecule has 0 spiro atoms. The SMILES string of the molecule is CNc1cncc(NCc2cnc(C)cn2)c1. The van der Waals surface area contributed by atoms with Crippen molar-refractivity contribution >= 4 is 11.4 Å². The highest BCUT2D eigenvalue weighted by atomic mass is 14.9. The number of pyridine rings is 1. The van der Waals surface area contributed by atoms with Crippen LogP contribution in [0.25, 0.3) is 0 Å². The maximum atomic E-state index is 4.27. The average Bonchev–Trinajstić information content (AvgIpc) is 2.38. The Labute approximate surface area is 100 Å². The number of hydrogen-bond acceptors (Lipinski definition) is 5. The Kier molecular flexibility index (Phi) is 3.49. The molecule has 5 heteroatoms. The molecule has 0 fully saturated rings. The zero-order valence-electron chi connectivity index (χ0n) is 9.94. The van der Waals surface area contributed by atoms with Crippen molar-refractivity contribution in [3.05, 3.63) is 42.2 Å². The van der Waals surface area contributed by atoms with Crippen molar-refractivity contribution in [1.29, 1.82) is 0 Å². The first-order chi connectivity index (χ1) is 8.28. The van der Waals surface area contributed by atoms with Gasteiger partial charge in [0.2, 0.25) is 0 Å². The Balaban J connectivity index is 1.99. The maximum Gasteiger partial charge on any atom is 0.0777 e. The van der Waals surface area contributed by atoms with E-state index in [-0.39, 0.29) is 0 Å². The molecule has 0 aliphatic heterocycles. The quantitative estimate of drug-likeness (QED) is 0.837. The lowest BCUT2D eigenvalue weighted by Gasteiger charge is -2.07. The summed E-state index contributed by atoms with van der Waals surface area (Å²) in [5, 5.41) is 6.29. The summed E-state index contributed by atoms with van der Waals surface area (Å²) in [6.45, 7) is 2.56. The van der Waals surface area contributed by atoms with Crippen LogP contribution >= 0.6 is 0 Å². The zero-order chi connectivity index (χ0) is 12.1. The van der Waals surface area contributed by atoms with E-state index in [1.165, 1.54) is 0 Å². The van der Waals surface area contributed by atoms with Crippen molar-refractivity contribution in [2.75, 3.05) is 17.7 Å². The highest BCUT2D eigenvalue weighted by Gasteiger charge is 1.97. The molecule has 0 amide bonds. The molecule has 2 rings (SSSR count). The molecular weight excluding hydrogens is 214 g/mol. The van der Waals surface area contributed by atoms with Crippen LogP contribution < -0.4 is 10.6 Å². The molecule has 88 valence electrons. The number of anilines is 2. The lowest BCUT2D eigenvalue weighted by molar-refractivity contribution is 0.983. The van der Waals surface area contributed by atoms with Crippen molar-refractivity contribution in [2.45, 2.75) is 13.5 Å². The Bertz CT molecular complexity index is 481. The minimum absolute atomic E-state index is 0.641. The number of aromatic nitrogens is 3. The van der Waals surface area contributed by atoms with Crippen molar-refractivity contribution in [3.8, 4) is 0 Å². The third-order valence-electron chi connectivity index (χ3n) is 2.33. The van der Waals surface area contributed by atoms with E-state index in [2.05, 4.69) is 25.6 Å². The average molecular weight is 229 g/mol. The fourth-order valence-corrected chi connectivity index (χ4v) is 1.38. The lowest BCUT2D eigenvalue weighted by atomic mass is 10.3. The highest BCUT2D eigenvalue weighted by Crippen LogP contribution is 2.12. The van der Waals surface area contributed by atoms with Gasteiger partial charge in [0.05, 0.1) is 47.9 Å². The molecule has 17 heavy (non-hydrogen) atoms. The molecule has 2 aromatic rings. The van der Waals surface area contributed by atoms with Gasteiger partial charge < -0.3 is 10.6 Å². The van der Waals surface area contributed by atoms with E-state index >= 15 is 0 Å². The maximum absolute atomic E-state index is 4.27. The summed E-state index contributed by atoms with van der Waals surface area (Å²) in [5.74, 6) is 0. The van der Waals surface area contributed by atoms with Gasteiger partial charge in [-0.3, -0.25) is 15.0 Å². The largest absolute Gasteiger partial charge is 0.387 e. The molecule has 0 saturated carbocycles. The van der Waals surface area contributed by atoms with Crippen LogP contribution in [0.4, 0.5) is 11.4 Å². The highest BCUT2D eigenvalue weighted by molar-refractivity contribution is 5.53. The number of aryl methyl sites for hydroxylation is 1. The first kappa shape index (κ1) is 11.3. The monoisotopic (exact) mass is 229 g/mol. The molecule has 0 saturated heterocycles. The zero-order valence-corrected chi connectivity index (χ0v) is 9.94. The summed E-state index contributed by atoms with van der Waals surface area (Å²) in [7, 11) is 1.87. The van der Waals surface area contributed by atoms with Crippen molar-refractivity contribution in [2.24, 2.45) is 0 Å². The second-order valence-corrected chi connectivity index (χ2v) is 3.71. The van der Waals surface area contributed by atoms with Crippen molar-refractivity contribution < 1.29 is 0 Å². The van der Waals surface area contributed by atoms with Gasteiger partial charge >= 0.3 is 0 Å². The predicted octanol–water partition coefficient (Wildman–Crippen LogP) is 1.83. The number of nitrogens with one attached hydrogen (secondary N) is 2. The van der Waals surface area contributed by atoms with E-state index in [1.54, 1.807) is 24.8 Å². The van der Waals surface area contributed by atoms with Gasteiger partial charge in [0, 0.05) is 13.2 Å². The second kappa shape index (κ2) is 5.25. The number of nitrogens with zero attached hydrogens (tertiary/aromatic N) is 3. The topological polar surface area (TPSA) is 62.7 Å². The van der Waals surface area contributed by atoms with Gasteiger partial charge in [0.1, 0.15) is 0 Å².